The van der Waals surface area contributed by atoms with E-state index in [1.54, 1.807) is 14.2 Å². The Morgan fingerprint density at radius 2 is 1.74 bits per heavy atom. The zero-order valence-corrected chi connectivity index (χ0v) is 20.4. The van der Waals surface area contributed by atoms with Gasteiger partial charge in [0.05, 0.1) is 25.1 Å². The third-order valence-electron chi connectivity index (χ3n) is 5.78. The van der Waals surface area contributed by atoms with Crippen LogP contribution in [0.25, 0.3) is 21.8 Å². The number of benzene rings is 2. The fourth-order valence-electron chi connectivity index (χ4n) is 4.12. The maximum Gasteiger partial charge on any atom is 0.230 e. The summed E-state index contributed by atoms with van der Waals surface area (Å²) in [4.78, 5) is 17.4. The predicted octanol–water partition coefficient (Wildman–Crippen LogP) is 6.29. The normalized spacial score (nSPS) is 14.2. The van der Waals surface area contributed by atoms with Crippen LogP contribution in [0, 0.1) is 6.92 Å². The molecule has 2 aromatic carbocycles. The van der Waals surface area contributed by atoms with E-state index >= 15 is 0 Å². The first kappa shape index (κ1) is 26.2. The molecule has 1 fully saturated rings. The summed E-state index contributed by atoms with van der Waals surface area (Å²) in [6, 6.07) is 11.8. The molecule has 8 heteroatoms. The van der Waals surface area contributed by atoms with Gasteiger partial charge in [-0.1, -0.05) is 21.3 Å². The number of nitrogens with zero attached hydrogens (tertiary/aromatic N) is 3. The minimum absolute atomic E-state index is 0. The van der Waals surface area contributed by atoms with Crippen LogP contribution in [-0.2, 0) is 4.84 Å². The lowest BCUT2D eigenvalue weighted by Crippen LogP contribution is -2.37. The van der Waals surface area contributed by atoms with Gasteiger partial charge in [-0.05, 0) is 50.1 Å². The molecule has 0 spiro atoms. The largest absolute Gasteiger partial charge is 0.493 e. The molecule has 4 aromatic rings. The molecule has 0 aliphatic carbocycles. The lowest BCUT2D eigenvalue weighted by Gasteiger charge is -2.30. The Kier molecular flexibility index (Phi) is 8.89. The number of aryl methyl sites for hydroxylation is 1. The highest BCUT2D eigenvalue weighted by atomic mass is 16.7. The SMILES string of the molecule is C.CC.COc1cc2c(Oc3ccc4[nH]c(C)cc4c3)ncnc2cc1OC1CCN(OC)CC1. The lowest BCUT2D eigenvalue weighted by molar-refractivity contribution is -0.152. The molecule has 35 heavy (non-hydrogen) atoms. The number of aromatic nitrogens is 3. The fraction of sp³-hybridized carbons (Fsp3) is 0.407. The molecule has 0 unspecified atom stereocenters. The summed E-state index contributed by atoms with van der Waals surface area (Å²) < 4.78 is 18.0. The van der Waals surface area contributed by atoms with Crippen molar-refractivity contribution in [2.24, 2.45) is 0 Å². The summed E-state index contributed by atoms with van der Waals surface area (Å²) in [6.45, 7) is 7.70. The van der Waals surface area contributed by atoms with E-state index in [4.69, 9.17) is 19.0 Å². The monoisotopic (exact) mass is 480 g/mol. The average Bonchev–Trinajstić information content (AvgIpc) is 3.25. The van der Waals surface area contributed by atoms with Crippen LogP contribution >= 0.6 is 0 Å². The van der Waals surface area contributed by atoms with Crippen molar-refractivity contribution < 1.29 is 19.0 Å². The number of ether oxygens (including phenoxy) is 3. The summed E-state index contributed by atoms with van der Waals surface area (Å²) in [5.74, 6) is 2.48. The van der Waals surface area contributed by atoms with Crippen molar-refractivity contribution in [1.29, 1.82) is 0 Å². The van der Waals surface area contributed by atoms with Crippen LogP contribution in [0.1, 0.15) is 39.8 Å². The predicted molar refractivity (Wildman–Crippen MR) is 140 cm³/mol. The Balaban J connectivity index is 0.00000111. The molecule has 3 heterocycles. The Hall–Kier alpha value is -3.36. The molecule has 2 aromatic heterocycles. The number of hydrogen-bond donors (Lipinski definition) is 1. The van der Waals surface area contributed by atoms with Crippen LogP contribution in [0.3, 0.4) is 0 Å². The topological polar surface area (TPSA) is 81.7 Å². The maximum atomic E-state index is 6.28. The molecule has 0 saturated carbocycles. The third-order valence-corrected chi connectivity index (χ3v) is 5.78. The first-order valence-corrected chi connectivity index (χ1v) is 11.7. The highest BCUT2D eigenvalue weighted by Crippen LogP contribution is 2.37. The number of methoxy groups -OCH3 is 1. The Morgan fingerprint density at radius 3 is 2.46 bits per heavy atom. The van der Waals surface area contributed by atoms with E-state index in [9.17, 15) is 0 Å². The molecular weight excluding hydrogens is 444 g/mol. The summed E-state index contributed by atoms with van der Waals surface area (Å²) in [6.07, 6.45) is 3.37. The summed E-state index contributed by atoms with van der Waals surface area (Å²) >= 11 is 0. The standard InChI is InChI=1S/C24H26N4O4.C2H6.CH4/c1-15-10-16-11-18(4-5-20(16)27-15)32-24-19-12-22(29-2)23(13-21(19)25-14-26-24)31-17-6-8-28(30-3)9-7-17;1-2;/h4-5,10-14,17,27H,6-9H2,1-3H3;1-2H3;1H4. The molecule has 8 nitrogen and oxygen atoms in total. The van der Waals surface area contributed by atoms with Gasteiger partial charge in [0.15, 0.2) is 11.5 Å². The second kappa shape index (κ2) is 11.9. The molecule has 0 bridgehead atoms. The van der Waals surface area contributed by atoms with Gasteiger partial charge in [-0.15, -0.1) is 0 Å². The van der Waals surface area contributed by atoms with Gasteiger partial charge >= 0.3 is 0 Å². The smallest absolute Gasteiger partial charge is 0.230 e. The van der Waals surface area contributed by atoms with Crippen molar-refractivity contribution in [3.63, 3.8) is 0 Å². The number of hydrogen-bond acceptors (Lipinski definition) is 7. The number of piperidine rings is 1. The molecule has 1 aliphatic rings. The van der Waals surface area contributed by atoms with Gasteiger partial charge < -0.3 is 24.0 Å². The summed E-state index contributed by atoms with van der Waals surface area (Å²) in [7, 11) is 3.33. The minimum atomic E-state index is 0. The molecule has 0 atom stereocenters. The van der Waals surface area contributed by atoms with Gasteiger partial charge in [-0.3, -0.25) is 0 Å². The molecule has 188 valence electrons. The van der Waals surface area contributed by atoms with E-state index in [2.05, 4.69) is 21.0 Å². The van der Waals surface area contributed by atoms with Crippen molar-refractivity contribution in [2.75, 3.05) is 27.3 Å². The van der Waals surface area contributed by atoms with Crippen molar-refractivity contribution in [3.05, 3.63) is 48.4 Å². The Bertz CT molecular complexity index is 1250. The Morgan fingerprint density at radius 1 is 0.971 bits per heavy atom. The van der Waals surface area contributed by atoms with Gasteiger partial charge in [0.25, 0.3) is 0 Å². The van der Waals surface area contributed by atoms with Crippen molar-refractivity contribution >= 4 is 21.8 Å². The van der Waals surface area contributed by atoms with E-state index in [0.717, 1.165) is 53.4 Å². The molecule has 1 aliphatic heterocycles. The first-order valence-electron chi connectivity index (χ1n) is 11.7. The van der Waals surface area contributed by atoms with Crippen LogP contribution in [0.15, 0.2) is 42.7 Å². The van der Waals surface area contributed by atoms with E-state index in [1.165, 1.54) is 6.33 Å². The maximum absolute atomic E-state index is 6.28. The second-order valence-corrected chi connectivity index (χ2v) is 7.93. The van der Waals surface area contributed by atoms with Crippen LogP contribution in [0.2, 0.25) is 0 Å². The van der Waals surface area contributed by atoms with Gasteiger partial charge in [0.2, 0.25) is 5.88 Å². The highest BCUT2D eigenvalue weighted by Gasteiger charge is 2.22. The number of aromatic amines is 1. The molecule has 1 N–H and O–H groups in total. The lowest BCUT2D eigenvalue weighted by atomic mass is 10.1. The number of fused-ring (bicyclic) bond motifs is 2. The van der Waals surface area contributed by atoms with Crippen LogP contribution in [0.5, 0.6) is 23.1 Å². The first-order chi connectivity index (χ1) is 16.6. The van der Waals surface area contributed by atoms with E-state index in [0.29, 0.717) is 23.1 Å². The average molecular weight is 481 g/mol. The van der Waals surface area contributed by atoms with Crippen molar-refractivity contribution in [1.82, 2.24) is 20.0 Å². The fourth-order valence-corrected chi connectivity index (χ4v) is 4.12. The van der Waals surface area contributed by atoms with E-state index in [1.807, 2.05) is 56.2 Å². The zero-order chi connectivity index (χ0) is 24.1. The molecule has 0 radical (unpaired) electrons. The number of rotatable bonds is 6. The van der Waals surface area contributed by atoms with Gasteiger partial charge in [-0.25, -0.2) is 9.97 Å². The number of hydroxylamine groups is 2. The molecule has 1 saturated heterocycles. The summed E-state index contributed by atoms with van der Waals surface area (Å²) in [5, 5.41) is 3.79. The second-order valence-electron chi connectivity index (χ2n) is 7.93. The van der Waals surface area contributed by atoms with Crippen LogP contribution in [0.4, 0.5) is 0 Å². The highest BCUT2D eigenvalue weighted by molar-refractivity contribution is 5.87. The minimum Gasteiger partial charge on any atom is -0.493 e. The molecule has 0 amide bonds. The van der Waals surface area contributed by atoms with Gasteiger partial charge in [-0.2, -0.15) is 5.06 Å². The number of nitrogens with one attached hydrogen (secondary N) is 1. The van der Waals surface area contributed by atoms with Crippen LogP contribution < -0.4 is 14.2 Å². The zero-order valence-electron chi connectivity index (χ0n) is 20.4. The third kappa shape index (κ3) is 5.83. The number of H-pyrrole nitrogens is 1. The van der Waals surface area contributed by atoms with E-state index in [-0.39, 0.29) is 13.5 Å². The van der Waals surface area contributed by atoms with E-state index < -0.39 is 0 Å². The summed E-state index contributed by atoms with van der Waals surface area (Å²) in [5.41, 5.74) is 2.91. The van der Waals surface area contributed by atoms with Gasteiger partial charge in [0, 0.05) is 35.8 Å². The molecule has 5 rings (SSSR count). The Labute approximate surface area is 207 Å². The van der Waals surface area contributed by atoms with Crippen molar-refractivity contribution in [2.45, 2.75) is 47.1 Å². The van der Waals surface area contributed by atoms with Crippen LogP contribution in [-0.4, -0.2) is 53.4 Å². The van der Waals surface area contributed by atoms with Gasteiger partial charge in [0.1, 0.15) is 18.2 Å². The quantitative estimate of drug-likeness (QED) is 0.347. The molecular formula is C27H36N4O4. The van der Waals surface area contributed by atoms with Crippen molar-refractivity contribution in [3.8, 4) is 23.1 Å².